The standard InChI is InChI=1S/C20H22ClN5O2/c1-13-10-18(14(2)25(13)11-17-4-3-9-28-17)19(27)12-26-23-20(22-24-26)15-5-7-16(21)8-6-15/h5-8,10,17H,3-4,9,11-12H2,1-2H3/t17-/m1/s1. The van der Waals surface area contributed by atoms with Crippen LogP contribution < -0.4 is 0 Å². The molecule has 3 aromatic rings. The fourth-order valence-electron chi connectivity index (χ4n) is 3.59. The van der Waals surface area contributed by atoms with Crippen molar-refractivity contribution in [1.29, 1.82) is 0 Å². The fraction of sp³-hybridized carbons (Fsp3) is 0.400. The molecule has 1 aliphatic rings. The molecule has 0 amide bonds. The Morgan fingerprint density at radius 3 is 2.79 bits per heavy atom. The van der Waals surface area contributed by atoms with Gasteiger partial charge >= 0.3 is 0 Å². The zero-order valence-corrected chi connectivity index (χ0v) is 16.7. The van der Waals surface area contributed by atoms with Crippen LogP contribution in [0.4, 0.5) is 0 Å². The zero-order chi connectivity index (χ0) is 19.7. The summed E-state index contributed by atoms with van der Waals surface area (Å²) in [7, 11) is 0. The number of carbonyl (C=O) groups is 1. The first-order chi connectivity index (χ1) is 13.5. The number of halogens is 1. The number of carbonyl (C=O) groups excluding carboxylic acids is 1. The van der Waals surface area contributed by atoms with Crippen molar-refractivity contribution in [3.05, 3.63) is 52.3 Å². The third-order valence-corrected chi connectivity index (χ3v) is 5.38. The summed E-state index contributed by atoms with van der Waals surface area (Å²) >= 11 is 5.91. The lowest BCUT2D eigenvalue weighted by atomic mass is 10.1. The molecule has 3 heterocycles. The number of nitrogens with zero attached hydrogens (tertiary/aromatic N) is 5. The number of aromatic nitrogens is 5. The summed E-state index contributed by atoms with van der Waals surface area (Å²) < 4.78 is 7.90. The third-order valence-electron chi connectivity index (χ3n) is 5.12. The highest BCUT2D eigenvalue weighted by atomic mass is 35.5. The van der Waals surface area contributed by atoms with E-state index < -0.39 is 0 Å². The number of ketones is 1. The van der Waals surface area contributed by atoms with Crippen LogP contribution in [0.5, 0.6) is 0 Å². The minimum atomic E-state index is -0.0354. The lowest BCUT2D eigenvalue weighted by molar-refractivity contribution is 0.0943. The molecule has 28 heavy (non-hydrogen) atoms. The quantitative estimate of drug-likeness (QED) is 0.593. The predicted molar refractivity (Wildman–Crippen MR) is 105 cm³/mol. The van der Waals surface area contributed by atoms with E-state index in [2.05, 4.69) is 20.0 Å². The van der Waals surface area contributed by atoms with Gasteiger partial charge in [0.15, 0.2) is 5.78 Å². The van der Waals surface area contributed by atoms with Gasteiger partial charge in [0.2, 0.25) is 5.82 Å². The summed E-state index contributed by atoms with van der Waals surface area (Å²) in [4.78, 5) is 14.2. The van der Waals surface area contributed by atoms with Crippen molar-refractivity contribution in [3.63, 3.8) is 0 Å². The van der Waals surface area contributed by atoms with E-state index in [-0.39, 0.29) is 18.4 Å². The molecule has 0 radical (unpaired) electrons. The number of hydrogen-bond donors (Lipinski definition) is 0. The first-order valence-electron chi connectivity index (χ1n) is 9.36. The van der Waals surface area contributed by atoms with E-state index >= 15 is 0 Å². The molecule has 2 aromatic heterocycles. The predicted octanol–water partition coefficient (Wildman–Crippen LogP) is 3.47. The van der Waals surface area contributed by atoms with Crippen molar-refractivity contribution >= 4 is 17.4 Å². The molecule has 1 saturated heterocycles. The lowest BCUT2D eigenvalue weighted by Gasteiger charge is -2.14. The molecule has 0 N–H and O–H groups in total. The number of benzene rings is 1. The van der Waals surface area contributed by atoms with Crippen LogP contribution in [0.15, 0.2) is 30.3 Å². The first-order valence-corrected chi connectivity index (χ1v) is 9.74. The van der Waals surface area contributed by atoms with Crippen LogP contribution in [-0.2, 0) is 17.8 Å². The normalized spacial score (nSPS) is 16.6. The van der Waals surface area contributed by atoms with Crippen molar-refractivity contribution in [2.24, 2.45) is 0 Å². The summed E-state index contributed by atoms with van der Waals surface area (Å²) in [5.41, 5.74) is 3.51. The molecule has 0 unspecified atom stereocenters. The minimum Gasteiger partial charge on any atom is -0.376 e. The number of Topliss-reactive ketones (excluding diaryl/α,β-unsaturated/α-hetero) is 1. The summed E-state index contributed by atoms with van der Waals surface area (Å²) in [5, 5.41) is 13.0. The van der Waals surface area contributed by atoms with E-state index in [1.807, 2.05) is 32.0 Å². The molecule has 0 bridgehead atoms. The Balaban J connectivity index is 1.49. The van der Waals surface area contributed by atoms with Gasteiger partial charge in [-0.3, -0.25) is 4.79 Å². The average Bonchev–Trinajstić information content (AvgIpc) is 3.40. The molecule has 4 rings (SSSR count). The molecular weight excluding hydrogens is 378 g/mol. The average molecular weight is 400 g/mol. The van der Waals surface area contributed by atoms with Crippen molar-refractivity contribution in [1.82, 2.24) is 24.8 Å². The van der Waals surface area contributed by atoms with Crippen LogP contribution in [-0.4, -0.2) is 43.3 Å². The van der Waals surface area contributed by atoms with Gasteiger partial charge in [0, 0.05) is 40.7 Å². The maximum Gasteiger partial charge on any atom is 0.204 e. The minimum absolute atomic E-state index is 0.0354. The number of ether oxygens (including phenoxy) is 1. The third kappa shape index (κ3) is 3.86. The van der Waals surface area contributed by atoms with E-state index in [0.717, 1.165) is 42.9 Å². The highest BCUT2D eigenvalue weighted by Gasteiger charge is 2.21. The Hall–Kier alpha value is -2.51. The van der Waals surface area contributed by atoms with Gasteiger partial charge in [-0.25, -0.2) is 0 Å². The van der Waals surface area contributed by atoms with Gasteiger partial charge in [0.1, 0.15) is 6.54 Å². The number of rotatable bonds is 6. The van der Waals surface area contributed by atoms with Crippen molar-refractivity contribution in [2.45, 2.75) is 45.9 Å². The fourth-order valence-corrected chi connectivity index (χ4v) is 3.72. The molecule has 8 heteroatoms. The zero-order valence-electron chi connectivity index (χ0n) is 15.9. The summed E-state index contributed by atoms with van der Waals surface area (Å²) in [5.74, 6) is 0.431. The van der Waals surface area contributed by atoms with Crippen LogP contribution in [0.1, 0.15) is 34.6 Å². The molecule has 0 aliphatic carbocycles. The molecule has 146 valence electrons. The van der Waals surface area contributed by atoms with Gasteiger partial charge in [-0.15, -0.1) is 10.2 Å². The first kappa shape index (κ1) is 18.8. The number of aryl methyl sites for hydroxylation is 1. The smallest absolute Gasteiger partial charge is 0.204 e. The van der Waals surface area contributed by atoms with Gasteiger partial charge in [-0.2, -0.15) is 4.80 Å². The van der Waals surface area contributed by atoms with E-state index in [0.29, 0.717) is 16.4 Å². The highest BCUT2D eigenvalue weighted by Crippen LogP contribution is 2.21. The van der Waals surface area contributed by atoms with Crippen molar-refractivity contribution < 1.29 is 9.53 Å². The summed E-state index contributed by atoms with van der Waals surface area (Å²) in [6.45, 7) is 5.65. The van der Waals surface area contributed by atoms with Crippen LogP contribution in [0, 0.1) is 13.8 Å². The largest absolute Gasteiger partial charge is 0.376 e. The number of tetrazole rings is 1. The van der Waals surface area contributed by atoms with Crippen LogP contribution in [0.2, 0.25) is 5.02 Å². The summed E-state index contributed by atoms with van der Waals surface area (Å²) in [6.07, 6.45) is 2.40. The highest BCUT2D eigenvalue weighted by molar-refractivity contribution is 6.30. The Bertz CT molecular complexity index is 987. The van der Waals surface area contributed by atoms with E-state index in [1.54, 1.807) is 12.1 Å². The maximum atomic E-state index is 12.8. The number of hydrogen-bond acceptors (Lipinski definition) is 5. The monoisotopic (exact) mass is 399 g/mol. The van der Waals surface area contributed by atoms with Gasteiger partial charge in [-0.1, -0.05) is 11.6 Å². The van der Waals surface area contributed by atoms with E-state index in [9.17, 15) is 4.79 Å². The lowest BCUT2D eigenvalue weighted by Crippen LogP contribution is -2.18. The SMILES string of the molecule is Cc1cc(C(=O)Cn2nnc(-c3ccc(Cl)cc3)n2)c(C)n1C[C@H]1CCCO1. The Morgan fingerprint density at radius 1 is 1.29 bits per heavy atom. The second kappa shape index (κ2) is 7.85. The van der Waals surface area contributed by atoms with E-state index in [1.165, 1.54) is 4.80 Å². The topological polar surface area (TPSA) is 74.8 Å². The van der Waals surface area contributed by atoms with Gasteiger partial charge in [-0.05, 0) is 62.2 Å². The van der Waals surface area contributed by atoms with Gasteiger partial charge in [0.05, 0.1) is 6.10 Å². The Kier molecular flexibility index (Phi) is 5.28. The second-order valence-corrected chi connectivity index (χ2v) is 7.54. The van der Waals surface area contributed by atoms with Gasteiger partial charge in [0.25, 0.3) is 0 Å². The maximum absolute atomic E-state index is 12.8. The van der Waals surface area contributed by atoms with Gasteiger partial charge < -0.3 is 9.30 Å². The second-order valence-electron chi connectivity index (χ2n) is 7.10. The van der Waals surface area contributed by atoms with E-state index in [4.69, 9.17) is 16.3 Å². The van der Waals surface area contributed by atoms with Crippen molar-refractivity contribution in [3.8, 4) is 11.4 Å². The molecule has 1 atom stereocenters. The van der Waals surface area contributed by atoms with Crippen molar-refractivity contribution in [2.75, 3.05) is 6.61 Å². The Labute approximate surface area is 168 Å². The molecule has 1 aromatic carbocycles. The van der Waals surface area contributed by atoms with Crippen LogP contribution in [0.25, 0.3) is 11.4 Å². The molecule has 1 fully saturated rings. The molecule has 0 saturated carbocycles. The van der Waals surface area contributed by atoms with Crippen LogP contribution >= 0.6 is 11.6 Å². The summed E-state index contributed by atoms with van der Waals surface area (Å²) in [6, 6.07) is 9.12. The molecule has 1 aliphatic heterocycles. The Morgan fingerprint density at radius 2 is 2.07 bits per heavy atom. The van der Waals surface area contributed by atoms with Crippen LogP contribution in [0.3, 0.4) is 0 Å². The molecule has 7 nitrogen and oxygen atoms in total. The molecular formula is C20H22ClN5O2. The molecule has 0 spiro atoms.